The first-order chi connectivity index (χ1) is 9.22. The van der Waals surface area contributed by atoms with E-state index in [4.69, 9.17) is 4.74 Å². The molecule has 0 aromatic heterocycles. The first-order valence-corrected chi connectivity index (χ1v) is 7.88. The zero-order chi connectivity index (χ0) is 14.1. The summed E-state index contributed by atoms with van der Waals surface area (Å²) < 4.78 is 5.53. The van der Waals surface area contributed by atoms with Crippen LogP contribution in [0.4, 0.5) is 0 Å². The maximum absolute atomic E-state index is 12.2. The Morgan fingerprint density at radius 3 is 2.42 bits per heavy atom. The highest BCUT2D eigenvalue weighted by Gasteiger charge is 2.20. The third kappa shape index (κ3) is 5.23. The van der Waals surface area contributed by atoms with Gasteiger partial charge in [-0.1, -0.05) is 48.0 Å². The Bertz CT molecular complexity index is 366. The van der Waals surface area contributed by atoms with Crippen molar-refractivity contribution >= 4 is 21.8 Å². The molecule has 0 saturated carbocycles. The molecule has 0 saturated heterocycles. The van der Waals surface area contributed by atoms with Crippen molar-refractivity contribution in [2.24, 2.45) is 0 Å². The lowest BCUT2D eigenvalue weighted by Gasteiger charge is -2.30. The fourth-order valence-electron chi connectivity index (χ4n) is 2.08. The molecular weight excluding hydrogens is 306 g/mol. The Morgan fingerprint density at radius 2 is 1.89 bits per heavy atom. The van der Waals surface area contributed by atoms with E-state index in [0.717, 1.165) is 30.5 Å². The third-order valence-corrected chi connectivity index (χ3v) is 3.49. The van der Waals surface area contributed by atoms with Crippen molar-refractivity contribution in [3.63, 3.8) is 0 Å². The van der Waals surface area contributed by atoms with Crippen molar-refractivity contribution in [1.29, 1.82) is 0 Å². The second-order valence-corrected chi connectivity index (χ2v) is 5.14. The molecule has 0 atom stereocenters. The van der Waals surface area contributed by atoms with Crippen LogP contribution in [0.1, 0.15) is 26.7 Å². The van der Waals surface area contributed by atoms with E-state index in [-0.39, 0.29) is 12.5 Å². The second-order valence-electron chi connectivity index (χ2n) is 4.35. The van der Waals surface area contributed by atoms with Crippen LogP contribution in [-0.4, -0.2) is 35.3 Å². The molecule has 0 spiro atoms. The smallest absolute Gasteiger partial charge is 0.260 e. The summed E-state index contributed by atoms with van der Waals surface area (Å²) >= 11 is 3.41. The van der Waals surface area contributed by atoms with E-state index in [1.807, 2.05) is 35.2 Å². The number of hydrogen-bond donors (Lipinski definition) is 0. The first kappa shape index (κ1) is 16.0. The summed E-state index contributed by atoms with van der Waals surface area (Å²) in [4.78, 5) is 14.2. The lowest BCUT2D eigenvalue weighted by molar-refractivity contribution is -0.135. The number of carbonyl (C=O) groups excluding carboxylic acids is 1. The molecule has 1 aromatic carbocycles. The van der Waals surface area contributed by atoms with Gasteiger partial charge in [0.2, 0.25) is 0 Å². The van der Waals surface area contributed by atoms with Gasteiger partial charge in [-0.25, -0.2) is 0 Å². The van der Waals surface area contributed by atoms with E-state index in [2.05, 4.69) is 29.8 Å². The predicted molar refractivity (Wildman–Crippen MR) is 81.8 cm³/mol. The van der Waals surface area contributed by atoms with E-state index in [1.54, 1.807) is 0 Å². The minimum atomic E-state index is 0.0528. The molecule has 0 radical (unpaired) electrons. The van der Waals surface area contributed by atoms with Crippen molar-refractivity contribution < 1.29 is 9.53 Å². The van der Waals surface area contributed by atoms with Crippen LogP contribution in [0, 0.1) is 0 Å². The quantitative estimate of drug-likeness (QED) is 0.684. The van der Waals surface area contributed by atoms with Crippen LogP contribution < -0.4 is 4.74 Å². The number of carbonyl (C=O) groups is 1. The normalized spacial score (nSPS) is 10.5. The van der Waals surface area contributed by atoms with Crippen molar-refractivity contribution in [3.8, 4) is 5.75 Å². The molecule has 0 aliphatic rings. The zero-order valence-electron chi connectivity index (χ0n) is 11.6. The fraction of sp³-hybridized carbons (Fsp3) is 0.533. The van der Waals surface area contributed by atoms with Gasteiger partial charge in [0.15, 0.2) is 6.61 Å². The fourth-order valence-corrected chi connectivity index (χ4v) is 2.46. The van der Waals surface area contributed by atoms with Gasteiger partial charge in [0.05, 0.1) is 0 Å². The Balaban J connectivity index is 2.57. The molecule has 1 amide bonds. The molecule has 0 bridgehead atoms. The molecule has 3 nitrogen and oxygen atoms in total. The van der Waals surface area contributed by atoms with Gasteiger partial charge in [-0.05, 0) is 25.0 Å². The summed E-state index contributed by atoms with van der Waals surface area (Å²) in [5.74, 6) is 0.788. The summed E-state index contributed by atoms with van der Waals surface area (Å²) in [7, 11) is 0. The third-order valence-electron chi connectivity index (χ3n) is 3.13. The van der Waals surface area contributed by atoms with E-state index < -0.39 is 0 Å². The van der Waals surface area contributed by atoms with Crippen LogP contribution in [0.5, 0.6) is 5.75 Å². The van der Waals surface area contributed by atoms with Crippen molar-refractivity contribution in [2.45, 2.75) is 32.7 Å². The first-order valence-electron chi connectivity index (χ1n) is 6.76. The molecule has 0 fully saturated rings. The van der Waals surface area contributed by atoms with Crippen LogP contribution in [-0.2, 0) is 4.79 Å². The number of hydrogen-bond acceptors (Lipinski definition) is 2. The number of amides is 1. The molecule has 0 aliphatic carbocycles. The van der Waals surface area contributed by atoms with Gasteiger partial charge >= 0.3 is 0 Å². The van der Waals surface area contributed by atoms with E-state index in [0.29, 0.717) is 6.04 Å². The summed E-state index contributed by atoms with van der Waals surface area (Å²) in [6.45, 7) is 5.05. The standard InChI is InChI=1S/C15H22BrNO2/c1-3-13(4-2)17(11-10-16)15(18)12-19-14-8-6-5-7-9-14/h5-9,13H,3-4,10-12H2,1-2H3. The molecule has 1 rings (SSSR count). The van der Waals surface area contributed by atoms with Crippen LogP contribution in [0.2, 0.25) is 0 Å². The number of para-hydroxylation sites is 1. The highest BCUT2D eigenvalue weighted by molar-refractivity contribution is 9.09. The second kappa shape index (κ2) is 8.97. The van der Waals surface area contributed by atoms with Gasteiger partial charge in [0.1, 0.15) is 5.75 Å². The lowest BCUT2D eigenvalue weighted by Crippen LogP contribution is -2.43. The summed E-state index contributed by atoms with van der Waals surface area (Å²) in [6.07, 6.45) is 1.95. The van der Waals surface area contributed by atoms with E-state index >= 15 is 0 Å². The molecule has 4 heteroatoms. The Labute approximate surface area is 124 Å². The van der Waals surface area contributed by atoms with Crippen molar-refractivity contribution in [2.75, 3.05) is 18.5 Å². The minimum absolute atomic E-state index is 0.0528. The minimum Gasteiger partial charge on any atom is -0.484 e. The highest BCUT2D eigenvalue weighted by atomic mass is 79.9. The largest absolute Gasteiger partial charge is 0.484 e. The van der Waals surface area contributed by atoms with Crippen molar-refractivity contribution in [1.82, 2.24) is 4.90 Å². The van der Waals surface area contributed by atoms with E-state index in [9.17, 15) is 4.79 Å². The van der Waals surface area contributed by atoms with Crippen LogP contribution >= 0.6 is 15.9 Å². The molecular formula is C15H22BrNO2. The number of nitrogens with zero attached hydrogens (tertiary/aromatic N) is 1. The number of alkyl halides is 1. The lowest BCUT2D eigenvalue weighted by atomic mass is 10.1. The SMILES string of the molecule is CCC(CC)N(CCBr)C(=O)COc1ccccc1. The molecule has 0 unspecified atom stereocenters. The number of halogens is 1. The van der Waals surface area contributed by atoms with Crippen LogP contribution in [0.25, 0.3) is 0 Å². The van der Waals surface area contributed by atoms with Crippen LogP contribution in [0.15, 0.2) is 30.3 Å². The summed E-state index contributed by atoms with van der Waals surface area (Å²) in [6, 6.07) is 9.74. The monoisotopic (exact) mass is 327 g/mol. The maximum atomic E-state index is 12.2. The van der Waals surface area contributed by atoms with Gasteiger partial charge in [-0.2, -0.15) is 0 Å². The average Bonchev–Trinajstić information content (AvgIpc) is 2.46. The topological polar surface area (TPSA) is 29.5 Å². The van der Waals surface area contributed by atoms with Crippen molar-refractivity contribution in [3.05, 3.63) is 30.3 Å². The summed E-state index contributed by atoms with van der Waals surface area (Å²) in [5.41, 5.74) is 0. The van der Waals surface area contributed by atoms with Gasteiger partial charge < -0.3 is 9.64 Å². The summed E-state index contributed by atoms with van der Waals surface area (Å²) in [5, 5.41) is 0.792. The van der Waals surface area contributed by atoms with Gasteiger partial charge in [-0.15, -0.1) is 0 Å². The van der Waals surface area contributed by atoms with Gasteiger partial charge in [0, 0.05) is 17.9 Å². The highest BCUT2D eigenvalue weighted by Crippen LogP contribution is 2.12. The number of ether oxygens (including phenoxy) is 1. The van der Waals surface area contributed by atoms with Gasteiger partial charge in [-0.3, -0.25) is 4.79 Å². The van der Waals surface area contributed by atoms with Gasteiger partial charge in [0.25, 0.3) is 5.91 Å². The maximum Gasteiger partial charge on any atom is 0.260 e. The molecule has 19 heavy (non-hydrogen) atoms. The number of rotatable bonds is 8. The Kier molecular flexibility index (Phi) is 7.56. The number of benzene rings is 1. The Hall–Kier alpha value is -1.03. The molecule has 0 aliphatic heterocycles. The molecule has 0 N–H and O–H groups in total. The molecule has 0 heterocycles. The predicted octanol–water partition coefficient (Wildman–Crippen LogP) is 3.48. The average molecular weight is 328 g/mol. The zero-order valence-corrected chi connectivity index (χ0v) is 13.2. The molecule has 1 aromatic rings. The molecule has 106 valence electrons. The van der Waals surface area contributed by atoms with Crippen LogP contribution in [0.3, 0.4) is 0 Å². The Morgan fingerprint density at radius 1 is 1.26 bits per heavy atom. The van der Waals surface area contributed by atoms with E-state index in [1.165, 1.54) is 0 Å².